The lowest BCUT2D eigenvalue weighted by atomic mass is 10.2. The van der Waals surface area contributed by atoms with Crippen LogP contribution in [0.25, 0.3) is 11.0 Å². The fourth-order valence-corrected chi connectivity index (χ4v) is 3.37. The van der Waals surface area contributed by atoms with Gasteiger partial charge in [0.05, 0.1) is 26.7 Å². The Morgan fingerprint density at radius 3 is 2.49 bits per heavy atom. The Kier molecular flexibility index (Phi) is 6.90. The van der Waals surface area contributed by atoms with Gasteiger partial charge in [-0.05, 0) is 42.5 Å². The molecule has 0 fully saturated rings. The molecule has 0 spiro atoms. The predicted octanol–water partition coefficient (Wildman–Crippen LogP) is 6.93. The number of rotatable bonds is 6. The van der Waals surface area contributed by atoms with E-state index >= 15 is 0 Å². The number of hydrogen-bond donors (Lipinski definition) is 1. The van der Waals surface area contributed by atoms with E-state index in [9.17, 15) is 22.8 Å². The number of hydrogen-bond acceptors (Lipinski definition) is 5. The first-order valence-corrected chi connectivity index (χ1v) is 10.6. The number of nitrogens with one attached hydrogen (secondary N) is 1. The summed E-state index contributed by atoms with van der Waals surface area (Å²) >= 11 is 11.9. The molecule has 1 heterocycles. The second kappa shape index (κ2) is 9.89. The number of alkyl halides is 3. The summed E-state index contributed by atoms with van der Waals surface area (Å²) in [6, 6.07) is 13.5. The van der Waals surface area contributed by atoms with E-state index in [2.05, 4.69) is 5.32 Å². The lowest BCUT2D eigenvalue weighted by Gasteiger charge is -2.12. The van der Waals surface area contributed by atoms with Gasteiger partial charge in [-0.2, -0.15) is 13.2 Å². The molecule has 11 heteroatoms. The number of anilines is 1. The van der Waals surface area contributed by atoms with E-state index < -0.39 is 29.7 Å². The number of carbonyl (C=O) groups is 1. The Hall–Kier alpha value is -3.69. The summed E-state index contributed by atoms with van der Waals surface area (Å²) in [5, 5.41) is 2.73. The molecule has 4 aromatic rings. The van der Waals surface area contributed by atoms with E-state index in [4.69, 9.17) is 37.1 Å². The monoisotopic (exact) mass is 523 g/mol. The van der Waals surface area contributed by atoms with Crippen molar-refractivity contribution in [2.45, 2.75) is 6.18 Å². The molecular weight excluding hydrogens is 510 g/mol. The standard InChI is InChI=1S/C24H14Cl2F3NO5/c25-16-8-5-13(24(27,28)29)9-18(16)30-22(31)12-33-14-6-7-15-20(10-14)34-11-21(23(15)32)35-19-4-2-1-3-17(19)26/h1-11H,12H2,(H,30,31). The van der Waals surface area contributed by atoms with Crippen LogP contribution < -0.4 is 20.2 Å². The molecule has 4 rings (SSSR count). The van der Waals surface area contributed by atoms with Gasteiger partial charge in [-0.1, -0.05) is 35.3 Å². The number of para-hydroxylation sites is 1. The Labute approximate surface area is 205 Å². The molecule has 0 atom stereocenters. The summed E-state index contributed by atoms with van der Waals surface area (Å²) in [6.45, 7) is -0.532. The van der Waals surface area contributed by atoms with Gasteiger partial charge in [-0.3, -0.25) is 9.59 Å². The zero-order chi connectivity index (χ0) is 25.2. The minimum Gasteiger partial charge on any atom is -0.484 e. The number of ether oxygens (including phenoxy) is 2. The Morgan fingerprint density at radius 2 is 1.74 bits per heavy atom. The molecule has 0 aliphatic carbocycles. The van der Waals surface area contributed by atoms with Crippen LogP contribution in [0.15, 0.2) is 76.1 Å². The number of amides is 1. The SMILES string of the molecule is O=C(COc1ccc2c(=O)c(Oc3ccccc3Cl)coc2c1)Nc1cc(C(F)(F)F)ccc1Cl. The van der Waals surface area contributed by atoms with Crippen LogP contribution in [0.4, 0.5) is 18.9 Å². The quantitative estimate of drug-likeness (QED) is 0.296. The maximum Gasteiger partial charge on any atom is 0.416 e. The van der Waals surface area contributed by atoms with Crippen LogP contribution in [-0.2, 0) is 11.0 Å². The van der Waals surface area contributed by atoms with Gasteiger partial charge in [-0.25, -0.2) is 0 Å². The molecular formula is C24H14Cl2F3NO5. The van der Waals surface area contributed by atoms with Crippen LogP contribution in [0, 0.1) is 0 Å². The van der Waals surface area contributed by atoms with Crippen molar-refractivity contribution in [2.75, 3.05) is 11.9 Å². The van der Waals surface area contributed by atoms with Crippen molar-refractivity contribution in [2.24, 2.45) is 0 Å². The van der Waals surface area contributed by atoms with Crippen molar-refractivity contribution < 1.29 is 31.9 Å². The van der Waals surface area contributed by atoms with E-state index in [1.54, 1.807) is 24.3 Å². The molecule has 0 aliphatic rings. The zero-order valence-corrected chi connectivity index (χ0v) is 19.0. The molecule has 0 radical (unpaired) electrons. The van der Waals surface area contributed by atoms with Crippen LogP contribution in [-0.4, -0.2) is 12.5 Å². The first-order valence-electron chi connectivity index (χ1n) is 9.89. The molecule has 1 amide bonds. The molecule has 1 aromatic heterocycles. The Morgan fingerprint density at radius 1 is 0.971 bits per heavy atom. The lowest BCUT2D eigenvalue weighted by Crippen LogP contribution is -2.20. The summed E-state index contributed by atoms with van der Waals surface area (Å²) in [7, 11) is 0. The van der Waals surface area contributed by atoms with Gasteiger partial charge < -0.3 is 19.2 Å². The third kappa shape index (κ3) is 5.70. The van der Waals surface area contributed by atoms with Gasteiger partial charge >= 0.3 is 6.18 Å². The third-order valence-electron chi connectivity index (χ3n) is 4.71. The molecule has 0 aliphatic heterocycles. The van der Waals surface area contributed by atoms with Crippen molar-refractivity contribution >= 4 is 45.8 Å². The van der Waals surface area contributed by atoms with E-state index in [1.165, 1.54) is 18.2 Å². The molecule has 6 nitrogen and oxygen atoms in total. The van der Waals surface area contributed by atoms with Gasteiger partial charge in [-0.15, -0.1) is 0 Å². The van der Waals surface area contributed by atoms with E-state index in [0.29, 0.717) is 5.02 Å². The van der Waals surface area contributed by atoms with Crippen molar-refractivity contribution in [3.63, 3.8) is 0 Å². The van der Waals surface area contributed by atoms with Gasteiger partial charge in [0.15, 0.2) is 6.61 Å². The van der Waals surface area contributed by atoms with Crippen molar-refractivity contribution in [1.82, 2.24) is 0 Å². The first kappa shape index (κ1) is 24.4. The zero-order valence-electron chi connectivity index (χ0n) is 17.5. The second-order valence-corrected chi connectivity index (χ2v) is 7.96. The van der Waals surface area contributed by atoms with Crippen LogP contribution in [0.5, 0.6) is 17.2 Å². The molecule has 1 N–H and O–H groups in total. The fourth-order valence-electron chi connectivity index (χ4n) is 3.03. The van der Waals surface area contributed by atoms with Crippen LogP contribution >= 0.6 is 23.2 Å². The number of benzene rings is 3. The minimum atomic E-state index is -4.59. The van der Waals surface area contributed by atoms with Crippen LogP contribution in [0.2, 0.25) is 10.0 Å². The summed E-state index contributed by atoms with van der Waals surface area (Å²) in [6.07, 6.45) is -3.46. The summed E-state index contributed by atoms with van der Waals surface area (Å²) in [4.78, 5) is 24.9. The van der Waals surface area contributed by atoms with Gasteiger partial charge in [0.25, 0.3) is 5.91 Å². The van der Waals surface area contributed by atoms with Crippen molar-refractivity contribution in [3.8, 4) is 17.2 Å². The molecule has 35 heavy (non-hydrogen) atoms. The summed E-state index contributed by atoms with van der Waals surface area (Å²) in [5.74, 6) is -0.341. The maximum atomic E-state index is 12.9. The highest BCUT2D eigenvalue weighted by atomic mass is 35.5. The van der Waals surface area contributed by atoms with Gasteiger partial charge in [0.2, 0.25) is 11.2 Å². The predicted molar refractivity (Wildman–Crippen MR) is 125 cm³/mol. The molecule has 0 bridgehead atoms. The molecule has 0 unspecified atom stereocenters. The highest BCUT2D eigenvalue weighted by Gasteiger charge is 2.31. The minimum absolute atomic E-state index is 0.0614. The molecule has 0 saturated carbocycles. The summed E-state index contributed by atoms with van der Waals surface area (Å²) < 4.78 is 55.1. The number of halogens is 5. The smallest absolute Gasteiger partial charge is 0.416 e. The van der Waals surface area contributed by atoms with Gasteiger partial charge in [0.1, 0.15) is 23.3 Å². The molecule has 3 aromatic carbocycles. The van der Waals surface area contributed by atoms with Crippen molar-refractivity contribution in [1.29, 1.82) is 0 Å². The van der Waals surface area contributed by atoms with Crippen LogP contribution in [0.1, 0.15) is 5.56 Å². The average Bonchev–Trinajstić information content (AvgIpc) is 2.81. The largest absolute Gasteiger partial charge is 0.484 e. The molecule has 180 valence electrons. The molecule has 0 saturated heterocycles. The average molecular weight is 524 g/mol. The van der Waals surface area contributed by atoms with E-state index in [-0.39, 0.29) is 38.9 Å². The topological polar surface area (TPSA) is 77.8 Å². The van der Waals surface area contributed by atoms with E-state index in [0.717, 1.165) is 24.5 Å². The summed E-state index contributed by atoms with van der Waals surface area (Å²) in [5.41, 5.74) is -1.44. The maximum absolute atomic E-state index is 12.9. The normalized spacial score (nSPS) is 11.3. The highest BCUT2D eigenvalue weighted by Crippen LogP contribution is 2.34. The highest BCUT2D eigenvalue weighted by molar-refractivity contribution is 6.33. The number of fused-ring (bicyclic) bond motifs is 1. The Bertz CT molecular complexity index is 1470. The second-order valence-electron chi connectivity index (χ2n) is 7.15. The van der Waals surface area contributed by atoms with E-state index in [1.807, 2.05) is 0 Å². The fraction of sp³-hybridized carbons (Fsp3) is 0.0833. The third-order valence-corrected chi connectivity index (χ3v) is 5.35. The van der Waals surface area contributed by atoms with Gasteiger partial charge in [0, 0.05) is 6.07 Å². The van der Waals surface area contributed by atoms with Crippen molar-refractivity contribution in [3.05, 3.63) is 92.8 Å². The Balaban J connectivity index is 1.45. The first-order chi connectivity index (χ1) is 16.6. The van der Waals surface area contributed by atoms with Crippen LogP contribution in [0.3, 0.4) is 0 Å². The number of carbonyl (C=O) groups excluding carboxylic acids is 1. The lowest BCUT2D eigenvalue weighted by molar-refractivity contribution is -0.137.